The Morgan fingerprint density at radius 1 is 1.14 bits per heavy atom. The molecule has 0 saturated heterocycles. The number of benzene rings is 1. The Morgan fingerprint density at radius 2 is 1.95 bits per heavy atom. The molecule has 2 aromatic heterocycles. The average molecular weight is 343 g/mol. The van der Waals surface area contributed by atoms with Crippen molar-refractivity contribution in [2.75, 3.05) is 5.73 Å². The quantitative estimate of drug-likeness (QED) is 0.759. The van der Waals surface area contributed by atoms with Gasteiger partial charge in [0.05, 0.1) is 5.52 Å². The minimum absolute atomic E-state index is 0.295. The lowest BCUT2D eigenvalue weighted by molar-refractivity contribution is 0.818. The largest absolute Gasteiger partial charge is 0.384 e. The van der Waals surface area contributed by atoms with Gasteiger partial charge in [-0.2, -0.15) is 0 Å². The molecule has 0 aliphatic heterocycles. The molecule has 0 saturated carbocycles. The van der Waals surface area contributed by atoms with Crippen molar-refractivity contribution in [3.8, 4) is 11.4 Å². The van der Waals surface area contributed by atoms with Crippen LogP contribution < -0.4 is 5.73 Å². The minimum atomic E-state index is 0.295. The van der Waals surface area contributed by atoms with E-state index in [1.54, 1.807) is 6.20 Å². The fraction of sp³-hybridized carbons (Fsp3) is 0.188. The van der Waals surface area contributed by atoms with Gasteiger partial charge in [-0.3, -0.25) is 4.98 Å². The van der Waals surface area contributed by atoms with E-state index in [1.165, 1.54) is 0 Å². The zero-order valence-electron chi connectivity index (χ0n) is 11.8. The predicted octanol–water partition coefficient (Wildman–Crippen LogP) is 4.16. The number of nitrogens with two attached hydrogens (primary N) is 1. The highest BCUT2D eigenvalue weighted by Gasteiger charge is 2.13. The van der Waals surface area contributed by atoms with Crippen molar-refractivity contribution in [2.45, 2.75) is 19.8 Å². The Hall–Kier alpha value is -2.01. The molecule has 0 unspecified atom stereocenters. The SMILES string of the molecule is CC(C)c1cc(N)nc(-c2ccc(Br)c3cccnc23)n1. The maximum absolute atomic E-state index is 5.93. The molecule has 0 fully saturated rings. The molecule has 0 aliphatic carbocycles. The Balaban J connectivity index is 2.28. The van der Waals surface area contributed by atoms with Crippen LogP contribution in [0.2, 0.25) is 0 Å². The van der Waals surface area contributed by atoms with E-state index in [9.17, 15) is 0 Å². The number of anilines is 1. The second kappa shape index (κ2) is 5.41. The first-order chi connectivity index (χ1) is 10.1. The molecule has 0 atom stereocenters. The fourth-order valence-corrected chi connectivity index (χ4v) is 2.67. The van der Waals surface area contributed by atoms with Crippen molar-refractivity contribution < 1.29 is 0 Å². The van der Waals surface area contributed by atoms with Crippen LogP contribution in [0.25, 0.3) is 22.3 Å². The zero-order valence-corrected chi connectivity index (χ0v) is 13.4. The molecular weight excluding hydrogens is 328 g/mol. The lowest BCUT2D eigenvalue weighted by atomic mass is 10.1. The molecule has 1 aromatic carbocycles. The third-order valence-electron chi connectivity index (χ3n) is 3.31. The second-order valence-electron chi connectivity index (χ2n) is 5.19. The van der Waals surface area contributed by atoms with Gasteiger partial charge in [-0.1, -0.05) is 35.8 Å². The van der Waals surface area contributed by atoms with Gasteiger partial charge in [-0.15, -0.1) is 0 Å². The summed E-state index contributed by atoms with van der Waals surface area (Å²) in [7, 11) is 0. The first-order valence-corrected chi connectivity index (χ1v) is 7.53. The van der Waals surface area contributed by atoms with Crippen LogP contribution in [0.1, 0.15) is 25.5 Å². The molecule has 0 amide bonds. The third-order valence-corrected chi connectivity index (χ3v) is 4.01. The molecule has 0 bridgehead atoms. The van der Waals surface area contributed by atoms with Gasteiger partial charge in [0.25, 0.3) is 0 Å². The monoisotopic (exact) mass is 342 g/mol. The fourth-order valence-electron chi connectivity index (χ4n) is 2.22. The molecule has 21 heavy (non-hydrogen) atoms. The number of nitrogen functional groups attached to an aromatic ring is 1. The van der Waals surface area contributed by atoms with Gasteiger partial charge < -0.3 is 5.73 Å². The number of aromatic nitrogens is 3. The summed E-state index contributed by atoms with van der Waals surface area (Å²) in [5, 5.41) is 1.03. The Labute approximate surface area is 131 Å². The van der Waals surface area contributed by atoms with E-state index in [1.807, 2.05) is 30.3 Å². The highest BCUT2D eigenvalue weighted by Crippen LogP contribution is 2.31. The van der Waals surface area contributed by atoms with E-state index in [-0.39, 0.29) is 0 Å². The highest BCUT2D eigenvalue weighted by atomic mass is 79.9. The molecule has 3 aromatic rings. The highest BCUT2D eigenvalue weighted by molar-refractivity contribution is 9.10. The Morgan fingerprint density at radius 3 is 2.71 bits per heavy atom. The van der Waals surface area contributed by atoms with Gasteiger partial charge in [-0.05, 0) is 24.1 Å². The average Bonchev–Trinajstić information content (AvgIpc) is 2.47. The van der Waals surface area contributed by atoms with Crippen LogP contribution in [0.3, 0.4) is 0 Å². The van der Waals surface area contributed by atoms with Crippen LogP contribution in [0.4, 0.5) is 5.82 Å². The minimum Gasteiger partial charge on any atom is -0.384 e. The van der Waals surface area contributed by atoms with Gasteiger partial charge in [0.2, 0.25) is 0 Å². The van der Waals surface area contributed by atoms with Gasteiger partial charge >= 0.3 is 0 Å². The van der Waals surface area contributed by atoms with Crippen molar-refractivity contribution >= 4 is 32.7 Å². The number of pyridine rings is 1. The zero-order chi connectivity index (χ0) is 15.0. The third kappa shape index (κ3) is 2.61. The molecule has 4 nitrogen and oxygen atoms in total. The number of halogens is 1. The molecule has 106 valence electrons. The maximum atomic E-state index is 5.93. The van der Waals surface area contributed by atoms with Gasteiger partial charge in [-0.25, -0.2) is 9.97 Å². The van der Waals surface area contributed by atoms with Crippen LogP contribution in [-0.4, -0.2) is 15.0 Å². The molecule has 2 N–H and O–H groups in total. The Kier molecular flexibility index (Phi) is 3.59. The summed E-state index contributed by atoms with van der Waals surface area (Å²) in [5.74, 6) is 1.40. The number of hydrogen-bond acceptors (Lipinski definition) is 4. The maximum Gasteiger partial charge on any atom is 0.163 e. The summed E-state index contributed by atoms with van der Waals surface area (Å²) in [5.41, 5.74) is 8.62. The lowest BCUT2D eigenvalue weighted by Gasteiger charge is -2.10. The molecule has 0 aliphatic rings. The van der Waals surface area contributed by atoms with Crippen molar-refractivity contribution in [3.63, 3.8) is 0 Å². The molecule has 2 heterocycles. The first kappa shape index (κ1) is 13.9. The van der Waals surface area contributed by atoms with E-state index >= 15 is 0 Å². The normalized spacial score (nSPS) is 11.2. The molecular formula is C16H15BrN4. The number of fused-ring (bicyclic) bond motifs is 1. The van der Waals surface area contributed by atoms with Crippen LogP contribution in [-0.2, 0) is 0 Å². The second-order valence-corrected chi connectivity index (χ2v) is 6.04. The van der Waals surface area contributed by atoms with Crippen LogP contribution in [0.15, 0.2) is 41.0 Å². The molecule has 5 heteroatoms. The molecule has 0 spiro atoms. The summed E-state index contributed by atoms with van der Waals surface area (Å²) < 4.78 is 1.00. The van der Waals surface area contributed by atoms with Gasteiger partial charge in [0.15, 0.2) is 5.82 Å². The topological polar surface area (TPSA) is 64.7 Å². The van der Waals surface area contributed by atoms with Crippen LogP contribution in [0.5, 0.6) is 0 Å². The summed E-state index contributed by atoms with van der Waals surface area (Å²) in [6.07, 6.45) is 1.77. The number of rotatable bonds is 2. The van der Waals surface area contributed by atoms with E-state index in [4.69, 9.17) is 5.73 Å². The number of nitrogens with zero attached hydrogens (tertiary/aromatic N) is 3. The first-order valence-electron chi connectivity index (χ1n) is 6.74. The van der Waals surface area contributed by atoms with Gasteiger partial charge in [0.1, 0.15) is 5.82 Å². The van der Waals surface area contributed by atoms with E-state index in [2.05, 4.69) is 44.7 Å². The summed E-state index contributed by atoms with van der Waals surface area (Å²) in [4.78, 5) is 13.5. The van der Waals surface area contributed by atoms with Crippen molar-refractivity contribution in [1.82, 2.24) is 15.0 Å². The predicted molar refractivity (Wildman–Crippen MR) is 89.0 cm³/mol. The van der Waals surface area contributed by atoms with E-state index < -0.39 is 0 Å². The van der Waals surface area contributed by atoms with E-state index in [0.29, 0.717) is 17.6 Å². The standard InChI is InChI=1S/C16H15BrN4/c1-9(2)13-8-14(18)21-16(20-13)11-5-6-12(17)10-4-3-7-19-15(10)11/h3-9H,1-2H3,(H2,18,20,21). The number of hydrogen-bond donors (Lipinski definition) is 1. The van der Waals surface area contributed by atoms with Crippen molar-refractivity contribution in [2.24, 2.45) is 0 Å². The smallest absolute Gasteiger partial charge is 0.163 e. The van der Waals surface area contributed by atoms with E-state index in [0.717, 1.165) is 26.6 Å². The van der Waals surface area contributed by atoms with Crippen LogP contribution in [0, 0.1) is 0 Å². The van der Waals surface area contributed by atoms with Crippen molar-refractivity contribution in [1.29, 1.82) is 0 Å². The van der Waals surface area contributed by atoms with Crippen molar-refractivity contribution in [3.05, 3.63) is 46.7 Å². The molecule has 0 radical (unpaired) electrons. The van der Waals surface area contributed by atoms with Gasteiger partial charge in [0, 0.05) is 33.4 Å². The lowest BCUT2D eigenvalue weighted by Crippen LogP contribution is -2.02. The summed E-state index contributed by atoms with van der Waals surface area (Å²) >= 11 is 3.55. The summed E-state index contributed by atoms with van der Waals surface area (Å²) in [6, 6.07) is 9.71. The summed E-state index contributed by atoms with van der Waals surface area (Å²) in [6.45, 7) is 4.17. The van der Waals surface area contributed by atoms with Crippen LogP contribution >= 0.6 is 15.9 Å². The Bertz CT molecular complexity index is 814. The molecule has 3 rings (SSSR count).